The second-order valence-corrected chi connectivity index (χ2v) is 3.67. The summed E-state index contributed by atoms with van der Waals surface area (Å²) in [5.41, 5.74) is 6.66. The van der Waals surface area contributed by atoms with E-state index in [1.807, 2.05) is 6.92 Å². The second-order valence-electron chi connectivity index (χ2n) is 3.67. The van der Waals surface area contributed by atoms with Gasteiger partial charge in [-0.1, -0.05) is 6.92 Å². The quantitative estimate of drug-likeness (QED) is 0.795. The number of ether oxygens (including phenoxy) is 1. The molecule has 3 N–H and O–H groups in total. The van der Waals surface area contributed by atoms with E-state index in [9.17, 15) is 4.79 Å². The molecule has 0 fully saturated rings. The predicted octanol–water partition coefficient (Wildman–Crippen LogP) is 2.50. The van der Waals surface area contributed by atoms with Gasteiger partial charge in [0.2, 0.25) is 0 Å². The van der Waals surface area contributed by atoms with Crippen LogP contribution in [0.3, 0.4) is 0 Å². The monoisotopic (exact) mass is 235 g/mol. The molecule has 0 amide bonds. The number of benzene rings is 1. The van der Waals surface area contributed by atoms with Gasteiger partial charge in [0.1, 0.15) is 5.58 Å². The van der Waals surface area contributed by atoms with Crippen molar-refractivity contribution >= 4 is 22.6 Å². The van der Waals surface area contributed by atoms with E-state index in [-0.39, 0.29) is 11.5 Å². The van der Waals surface area contributed by atoms with Crippen LogP contribution < -0.4 is 10.5 Å². The molecule has 0 aliphatic rings. The van der Waals surface area contributed by atoms with Crippen LogP contribution in [-0.2, 0) is 0 Å². The number of carboxylic acid groups (broad SMARTS) is 1. The molecule has 1 heterocycles. The van der Waals surface area contributed by atoms with Gasteiger partial charge in [0, 0.05) is 5.69 Å². The number of rotatable bonds is 4. The zero-order chi connectivity index (χ0) is 12.4. The number of anilines is 1. The van der Waals surface area contributed by atoms with Crippen molar-refractivity contribution in [3.63, 3.8) is 0 Å². The van der Waals surface area contributed by atoms with Crippen LogP contribution in [0.4, 0.5) is 5.69 Å². The van der Waals surface area contributed by atoms with Crippen molar-refractivity contribution < 1.29 is 19.1 Å². The molecule has 5 heteroatoms. The number of hydrogen-bond acceptors (Lipinski definition) is 4. The topological polar surface area (TPSA) is 85.7 Å². The minimum Gasteiger partial charge on any atom is -0.489 e. The minimum atomic E-state index is -1.15. The number of fused-ring (bicyclic) bond motifs is 1. The second kappa shape index (κ2) is 4.37. The average molecular weight is 235 g/mol. The number of nitrogens with two attached hydrogens (primary N) is 1. The lowest BCUT2D eigenvalue weighted by Gasteiger charge is -2.02. The molecule has 0 aliphatic carbocycles. The first-order chi connectivity index (χ1) is 8.13. The van der Waals surface area contributed by atoms with Crippen LogP contribution in [0.25, 0.3) is 11.0 Å². The lowest BCUT2D eigenvalue weighted by molar-refractivity contribution is 0.0658. The molecule has 0 spiro atoms. The molecular weight excluding hydrogens is 222 g/mol. The van der Waals surface area contributed by atoms with Crippen LogP contribution in [0.5, 0.6) is 5.75 Å². The Morgan fingerprint density at radius 3 is 2.94 bits per heavy atom. The Balaban J connectivity index is 2.60. The standard InChI is InChI=1S/C12H13NO4/c1-2-5-16-10-8-6-7(13)3-4-9(8)17-11(10)12(14)15/h3-4,6H,2,5,13H2,1H3,(H,14,15). The first-order valence-electron chi connectivity index (χ1n) is 5.31. The third-order valence-electron chi connectivity index (χ3n) is 2.31. The van der Waals surface area contributed by atoms with Gasteiger partial charge < -0.3 is 20.0 Å². The molecule has 0 unspecified atom stereocenters. The summed E-state index contributed by atoms with van der Waals surface area (Å²) in [6, 6.07) is 4.94. The van der Waals surface area contributed by atoms with Gasteiger partial charge >= 0.3 is 5.97 Å². The Hall–Kier alpha value is -2.17. The maximum Gasteiger partial charge on any atom is 0.375 e. The third-order valence-corrected chi connectivity index (χ3v) is 2.31. The van der Waals surface area contributed by atoms with Gasteiger partial charge in [-0.25, -0.2) is 4.79 Å². The predicted molar refractivity (Wildman–Crippen MR) is 63.4 cm³/mol. The van der Waals surface area contributed by atoms with E-state index >= 15 is 0 Å². The Bertz CT molecular complexity index is 559. The summed E-state index contributed by atoms with van der Waals surface area (Å²) in [4.78, 5) is 11.0. The normalized spacial score (nSPS) is 10.6. The smallest absolute Gasteiger partial charge is 0.375 e. The van der Waals surface area contributed by atoms with Crippen molar-refractivity contribution in [2.24, 2.45) is 0 Å². The maximum atomic E-state index is 11.0. The molecule has 1 aromatic heterocycles. The van der Waals surface area contributed by atoms with Crippen molar-refractivity contribution in [3.8, 4) is 5.75 Å². The number of aromatic carboxylic acids is 1. The highest BCUT2D eigenvalue weighted by Crippen LogP contribution is 2.34. The zero-order valence-electron chi connectivity index (χ0n) is 9.40. The first-order valence-corrected chi connectivity index (χ1v) is 5.31. The van der Waals surface area contributed by atoms with Crippen molar-refractivity contribution in [1.82, 2.24) is 0 Å². The van der Waals surface area contributed by atoms with E-state index in [1.165, 1.54) is 0 Å². The Morgan fingerprint density at radius 1 is 1.53 bits per heavy atom. The summed E-state index contributed by atoms with van der Waals surface area (Å²) < 4.78 is 10.7. The minimum absolute atomic E-state index is 0.181. The number of furan rings is 1. The molecule has 90 valence electrons. The SMILES string of the molecule is CCCOc1c(C(=O)O)oc2ccc(N)cc12. The van der Waals surface area contributed by atoms with Gasteiger partial charge in [-0.3, -0.25) is 0 Å². The maximum absolute atomic E-state index is 11.0. The molecule has 0 aliphatic heterocycles. The fourth-order valence-corrected chi connectivity index (χ4v) is 1.58. The molecule has 0 saturated carbocycles. The number of nitrogen functional groups attached to an aromatic ring is 1. The molecular formula is C12H13NO4. The number of carbonyl (C=O) groups is 1. The van der Waals surface area contributed by atoms with Crippen molar-refractivity contribution in [2.45, 2.75) is 13.3 Å². The third kappa shape index (κ3) is 2.04. The van der Waals surface area contributed by atoms with Gasteiger partial charge in [0.15, 0.2) is 5.75 Å². The van der Waals surface area contributed by atoms with Gasteiger partial charge in [0.25, 0.3) is 5.76 Å². The Labute approximate surface area is 97.8 Å². The lowest BCUT2D eigenvalue weighted by Crippen LogP contribution is -2.01. The molecule has 2 rings (SSSR count). The molecule has 0 bridgehead atoms. The van der Waals surface area contributed by atoms with Crippen molar-refractivity contribution in [3.05, 3.63) is 24.0 Å². The Morgan fingerprint density at radius 2 is 2.29 bits per heavy atom. The highest BCUT2D eigenvalue weighted by Gasteiger charge is 2.21. The molecule has 1 aromatic carbocycles. The van der Waals surface area contributed by atoms with Crippen LogP contribution in [0, 0.1) is 0 Å². The summed E-state index contributed by atoms with van der Waals surface area (Å²) in [5, 5.41) is 9.62. The van der Waals surface area contributed by atoms with Crippen LogP contribution >= 0.6 is 0 Å². The van der Waals surface area contributed by atoms with Crippen molar-refractivity contribution in [2.75, 3.05) is 12.3 Å². The fourth-order valence-electron chi connectivity index (χ4n) is 1.58. The summed E-state index contributed by atoms with van der Waals surface area (Å²) in [6.07, 6.45) is 0.786. The zero-order valence-corrected chi connectivity index (χ0v) is 9.40. The van der Waals surface area contributed by atoms with Gasteiger partial charge in [-0.2, -0.15) is 0 Å². The highest BCUT2D eigenvalue weighted by atomic mass is 16.5. The van der Waals surface area contributed by atoms with Gasteiger partial charge in [-0.05, 0) is 24.6 Å². The van der Waals surface area contributed by atoms with E-state index in [4.69, 9.17) is 20.0 Å². The van der Waals surface area contributed by atoms with E-state index < -0.39 is 5.97 Å². The van der Waals surface area contributed by atoms with Crippen LogP contribution in [0.1, 0.15) is 23.9 Å². The first kappa shape index (κ1) is 11.3. The highest BCUT2D eigenvalue weighted by molar-refractivity contribution is 5.98. The van der Waals surface area contributed by atoms with Crippen LogP contribution in [0.15, 0.2) is 22.6 Å². The largest absolute Gasteiger partial charge is 0.489 e. The van der Waals surface area contributed by atoms with E-state index in [0.717, 1.165) is 6.42 Å². The van der Waals surface area contributed by atoms with Crippen LogP contribution in [0.2, 0.25) is 0 Å². The van der Waals surface area contributed by atoms with Gasteiger partial charge in [-0.15, -0.1) is 0 Å². The van der Waals surface area contributed by atoms with Gasteiger partial charge in [0.05, 0.1) is 12.0 Å². The number of hydrogen-bond donors (Lipinski definition) is 2. The molecule has 5 nitrogen and oxygen atoms in total. The fraction of sp³-hybridized carbons (Fsp3) is 0.250. The summed E-state index contributed by atoms with van der Waals surface area (Å²) in [6.45, 7) is 2.38. The molecule has 0 atom stereocenters. The Kier molecular flexibility index (Phi) is 2.91. The van der Waals surface area contributed by atoms with E-state index in [2.05, 4.69) is 0 Å². The summed E-state index contributed by atoms with van der Waals surface area (Å²) >= 11 is 0. The van der Waals surface area contributed by atoms with Crippen molar-refractivity contribution in [1.29, 1.82) is 0 Å². The average Bonchev–Trinajstić information content (AvgIpc) is 2.64. The molecule has 2 aromatic rings. The molecule has 0 saturated heterocycles. The summed E-state index contributed by atoms with van der Waals surface area (Å²) in [5.74, 6) is -1.08. The van der Waals surface area contributed by atoms with E-state index in [1.54, 1.807) is 18.2 Å². The van der Waals surface area contributed by atoms with E-state index in [0.29, 0.717) is 23.3 Å². The molecule has 0 radical (unpaired) electrons. The number of carboxylic acids is 1. The molecule has 17 heavy (non-hydrogen) atoms. The summed E-state index contributed by atoms with van der Waals surface area (Å²) in [7, 11) is 0. The van der Waals surface area contributed by atoms with Crippen LogP contribution in [-0.4, -0.2) is 17.7 Å². The lowest BCUT2D eigenvalue weighted by atomic mass is 10.2.